The molecule has 2 aromatic carbocycles. The maximum absolute atomic E-state index is 13.3. The van der Waals surface area contributed by atoms with Gasteiger partial charge in [0.05, 0.1) is 42.5 Å². The number of ether oxygens (including phenoxy) is 1. The first-order chi connectivity index (χ1) is 18.0. The molecule has 3 heterocycles. The number of amidine groups is 1. The normalized spacial score (nSPS) is 16.9. The van der Waals surface area contributed by atoms with Crippen LogP contribution in [0.15, 0.2) is 69.9 Å². The Morgan fingerprint density at radius 2 is 1.95 bits per heavy atom. The summed E-state index contributed by atoms with van der Waals surface area (Å²) in [5, 5.41) is 9.82. The minimum atomic E-state index is -0.336. The Hall–Kier alpha value is -3.38. The molecule has 3 aromatic rings. The van der Waals surface area contributed by atoms with E-state index in [-0.39, 0.29) is 29.1 Å². The van der Waals surface area contributed by atoms with E-state index in [1.165, 1.54) is 4.90 Å². The molecule has 0 spiro atoms. The number of anilines is 2. The third-order valence-electron chi connectivity index (χ3n) is 5.43. The van der Waals surface area contributed by atoms with Crippen molar-refractivity contribution >= 4 is 69.6 Å². The van der Waals surface area contributed by atoms with E-state index in [2.05, 4.69) is 15.6 Å². The predicted octanol–water partition coefficient (Wildman–Crippen LogP) is 3.35. The Balaban J connectivity index is 1.31. The predicted molar refractivity (Wildman–Crippen MR) is 142 cm³/mol. The van der Waals surface area contributed by atoms with E-state index in [0.717, 1.165) is 11.8 Å². The number of aromatic nitrogens is 2. The van der Waals surface area contributed by atoms with Gasteiger partial charge >= 0.3 is 5.88 Å². The molecule has 1 aromatic heterocycles. The Kier molecular flexibility index (Phi) is 7.75. The van der Waals surface area contributed by atoms with Gasteiger partial charge in [-0.05, 0) is 35.9 Å². The number of morpholine rings is 1. The number of nitrogens with one attached hydrogen (secondary N) is 1. The number of aliphatic imine (C=N–C) groups is 1. The van der Waals surface area contributed by atoms with E-state index < -0.39 is 0 Å². The van der Waals surface area contributed by atoms with Crippen molar-refractivity contribution in [1.82, 2.24) is 5.27 Å². The molecule has 0 bridgehead atoms. The third kappa shape index (κ3) is 5.96. The van der Waals surface area contributed by atoms with E-state index in [1.54, 1.807) is 47.4 Å². The van der Waals surface area contributed by atoms with Gasteiger partial charge < -0.3 is 4.74 Å². The fourth-order valence-electron chi connectivity index (χ4n) is 3.65. The Bertz CT molecular complexity index is 1370. The monoisotopic (exact) mass is 559 g/mol. The lowest BCUT2D eigenvalue weighted by Gasteiger charge is -2.18. The largest absolute Gasteiger partial charge is 0.377 e. The molecular weight excluding hydrogens is 539 g/mol. The summed E-state index contributed by atoms with van der Waals surface area (Å²) in [7, 11) is 0. The molecule has 0 unspecified atom stereocenters. The van der Waals surface area contributed by atoms with Gasteiger partial charge in [0.25, 0.3) is 12.1 Å². The van der Waals surface area contributed by atoms with Crippen LogP contribution in [0.25, 0.3) is 6.08 Å². The van der Waals surface area contributed by atoms with E-state index in [9.17, 15) is 9.59 Å². The lowest BCUT2D eigenvalue weighted by Crippen LogP contribution is -2.62. The summed E-state index contributed by atoms with van der Waals surface area (Å²) in [5.74, 6) is -0.471. The number of hydrogen-bond donors (Lipinski definition) is 1. The van der Waals surface area contributed by atoms with Crippen molar-refractivity contribution in [3.8, 4) is 0 Å². The Morgan fingerprint density at radius 3 is 2.70 bits per heavy atom. The number of halogens is 2. The van der Waals surface area contributed by atoms with Gasteiger partial charge in [-0.1, -0.05) is 59.2 Å². The third-order valence-corrected chi connectivity index (χ3v) is 6.93. The van der Waals surface area contributed by atoms with Crippen molar-refractivity contribution in [2.24, 2.45) is 4.99 Å². The van der Waals surface area contributed by atoms with Gasteiger partial charge in [0.15, 0.2) is 5.17 Å². The molecule has 10 nitrogen and oxygen atoms in total. The highest BCUT2D eigenvalue weighted by Crippen LogP contribution is 2.31. The first kappa shape index (κ1) is 25.3. The maximum Gasteiger partial charge on any atom is 0.305 e. The smallest absolute Gasteiger partial charge is 0.305 e. The highest BCUT2D eigenvalue weighted by atomic mass is 35.5. The number of hydrogen-bond acceptors (Lipinski definition) is 8. The first-order valence-corrected chi connectivity index (χ1v) is 13.0. The number of benzene rings is 2. The van der Waals surface area contributed by atoms with Crippen molar-refractivity contribution in [3.05, 3.63) is 76.0 Å². The number of rotatable bonds is 6. The number of carbonyl (C=O) groups is 2. The fourth-order valence-corrected chi connectivity index (χ4v) is 4.93. The van der Waals surface area contributed by atoms with Gasteiger partial charge in [-0.2, -0.15) is 0 Å². The van der Waals surface area contributed by atoms with Crippen LogP contribution >= 0.6 is 35.0 Å². The first-order valence-electron chi connectivity index (χ1n) is 11.3. The number of para-hydroxylation sites is 1. The molecule has 190 valence electrons. The zero-order valence-electron chi connectivity index (χ0n) is 19.3. The molecule has 2 amide bonds. The van der Waals surface area contributed by atoms with Gasteiger partial charge in [0, 0.05) is 10.0 Å². The summed E-state index contributed by atoms with van der Waals surface area (Å²) < 4.78 is 10.6. The summed E-state index contributed by atoms with van der Waals surface area (Å²) in [6, 6.07) is 14.1. The summed E-state index contributed by atoms with van der Waals surface area (Å²) in [4.78, 5) is 33.5. The van der Waals surface area contributed by atoms with Crippen molar-refractivity contribution in [2.45, 2.75) is 0 Å². The van der Waals surface area contributed by atoms with Crippen molar-refractivity contribution < 1.29 is 23.6 Å². The van der Waals surface area contributed by atoms with E-state index >= 15 is 0 Å². The molecule has 1 fully saturated rings. The second kappa shape index (κ2) is 11.3. The van der Waals surface area contributed by atoms with Crippen molar-refractivity contribution in [1.29, 1.82) is 0 Å². The van der Waals surface area contributed by atoms with Crippen molar-refractivity contribution in [3.63, 3.8) is 0 Å². The van der Waals surface area contributed by atoms with Gasteiger partial charge in [-0.15, -0.1) is 5.01 Å². The second-order valence-corrected chi connectivity index (χ2v) is 9.74. The van der Waals surface area contributed by atoms with Crippen LogP contribution < -0.4 is 20.0 Å². The van der Waals surface area contributed by atoms with E-state index in [0.29, 0.717) is 52.8 Å². The van der Waals surface area contributed by atoms with Crippen LogP contribution in [0.1, 0.15) is 5.56 Å². The molecule has 0 saturated carbocycles. The molecule has 0 radical (unpaired) electrons. The van der Waals surface area contributed by atoms with Gasteiger partial charge in [0.2, 0.25) is 11.2 Å². The highest BCUT2D eigenvalue weighted by Gasteiger charge is 2.32. The molecule has 1 saturated heterocycles. The number of amides is 2. The summed E-state index contributed by atoms with van der Waals surface area (Å²) in [5.41, 5.74) is 1.43. The summed E-state index contributed by atoms with van der Waals surface area (Å²) in [6.45, 7) is 2.52. The lowest BCUT2D eigenvalue weighted by molar-refractivity contribution is -0.759. The summed E-state index contributed by atoms with van der Waals surface area (Å²) >= 11 is 13.4. The van der Waals surface area contributed by atoms with Gasteiger partial charge in [0.1, 0.15) is 5.70 Å². The quantitative estimate of drug-likeness (QED) is 0.364. The standard InChI is InChI=1S/C24H20Cl2N6O4S/c25-17-7-6-16(19(26)13-17)12-20-23(34)32(18-4-2-1-3-5-18)24(27-20)37-15-21(33)28-22-14-31(29-36-22)30-8-10-35-11-9-30/h1-7,12-14H,8-11,15H2/p+1/b20-12+. The molecule has 2 aliphatic heterocycles. The van der Waals surface area contributed by atoms with Crippen LogP contribution in [0.3, 0.4) is 0 Å². The van der Waals surface area contributed by atoms with Crippen molar-refractivity contribution in [2.75, 3.05) is 47.3 Å². The average molecular weight is 560 g/mol. The Labute approximate surface area is 226 Å². The van der Waals surface area contributed by atoms with Crippen LogP contribution in [0.4, 0.5) is 11.6 Å². The molecule has 1 N–H and O–H groups in total. The molecule has 13 heteroatoms. The van der Waals surface area contributed by atoms with Gasteiger partial charge in [-0.3, -0.25) is 24.3 Å². The molecule has 2 aliphatic rings. The molecule has 5 rings (SSSR count). The number of thioether (sulfide) groups is 1. The molecule has 37 heavy (non-hydrogen) atoms. The lowest BCUT2D eigenvalue weighted by atomic mass is 10.2. The zero-order chi connectivity index (χ0) is 25.8. The topological polar surface area (TPSA) is 104 Å². The number of carbonyl (C=O) groups excluding carboxylic acids is 2. The van der Waals surface area contributed by atoms with Gasteiger partial charge in [-0.25, -0.2) is 4.99 Å². The number of nitrogens with zero attached hydrogens (tertiary/aromatic N) is 5. The van der Waals surface area contributed by atoms with Crippen LogP contribution in [0.2, 0.25) is 10.0 Å². The molecule has 0 atom stereocenters. The van der Waals surface area contributed by atoms with E-state index in [4.69, 9.17) is 32.5 Å². The highest BCUT2D eigenvalue weighted by molar-refractivity contribution is 8.14. The van der Waals surface area contributed by atoms with E-state index in [1.807, 2.05) is 23.2 Å². The second-order valence-electron chi connectivity index (χ2n) is 7.96. The Morgan fingerprint density at radius 1 is 1.16 bits per heavy atom. The fraction of sp³-hybridized carbons (Fsp3) is 0.208. The average Bonchev–Trinajstić information content (AvgIpc) is 3.49. The maximum atomic E-state index is 13.3. The SMILES string of the molecule is O=C(CSC1=N/C(=C/c2ccc(Cl)cc2Cl)C(=O)N1c1ccccc1)Nc1c[n+](N2CCOCC2)no1. The van der Waals surface area contributed by atoms with Crippen LogP contribution in [0, 0.1) is 0 Å². The zero-order valence-corrected chi connectivity index (χ0v) is 21.7. The molecular formula is C24H21Cl2N6O4S+. The van der Waals surface area contributed by atoms with Crippen LogP contribution in [-0.4, -0.2) is 54.3 Å². The van der Waals surface area contributed by atoms with Crippen LogP contribution in [-0.2, 0) is 14.3 Å². The minimum absolute atomic E-state index is 0.0112. The summed E-state index contributed by atoms with van der Waals surface area (Å²) in [6.07, 6.45) is 3.20. The minimum Gasteiger partial charge on any atom is -0.377 e. The molecule has 0 aliphatic carbocycles. The van der Waals surface area contributed by atoms with Crippen LogP contribution in [0.5, 0.6) is 0 Å².